The Morgan fingerprint density at radius 3 is 2.87 bits per heavy atom. The number of nitrogens with zero attached hydrogens (tertiary/aromatic N) is 1. The number of ketones is 1. The van der Waals surface area contributed by atoms with Crippen LogP contribution >= 0.6 is 0 Å². The van der Waals surface area contributed by atoms with Crippen molar-refractivity contribution in [1.29, 1.82) is 0 Å². The summed E-state index contributed by atoms with van der Waals surface area (Å²) in [7, 11) is 0. The van der Waals surface area contributed by atoms with E-state index in [0.29, 0.717) is 19.4 Å². The molecular formula is C18H17NO4. The summed E-state index contributed by atoms with van der Waals surface area (Å²) in [4.78, 5) is 26.8. The first-order valence-corrected chi connectivity index (χ1v) is 8.13. The number of ether oxygens (including phenoxy) is 2. The molecule has 5 nitrogen and oxygen atoms in total. The van der Waals surface area contributed by atoms with Crippen LogP contribution in [0.25, 0.3) is 0 Å². The fourth-order valence-electron chi connectivity index (χ4n) is 4.68. The molecule has 0 radical (unpaired) electrons. The molecule has 0 unspecified atom stereocenters. The third-order valence-electron chi connectivity index (χ3n) is 5.64. The van der Waals surface area contributed by atoms with Gasteiger partial charge in [-0.15, -0.1) is 0 Å². The van der Waals surface area contributed by atoms with Crippen LogP contribution in [0.3, 0.4) is 0 Å². The number of benzene rings is 1. The maximum Gasteiger partial charge on any atom is 0.231 e. The molecule has 0 N–H and O–H groups in total. The van der Waals surface area contributed by atoms with E-state index in [0.717, 1.165) is 29.9 Å². The van der Waals surface area contributed by atoms with Crippen LogP contribution in [0.4, 0.5) is 0 Å². The molecule has 3 aliphatic heterocycles. The number of hydrogen-bond acceptors (Lipinski definition) is 4. The summed E-state index contributed by atoms with van der Waals surface area (Å²) in [6, 6.07) is 4.05. The molecular weight excluding hydrogens is 294 g/mol. The van der Waals surface area contributed by atoms with Crippen LogP contribution in [0.2, 0.25) is 0 Å². The number of aryl methyl sites for hydroxylation is 1. The van der Waals surface area contributed by atoms with Crippen LogP contribution in [-0.2, 0) is 21.5 Å². The van der Waals surface area contributed by atoms with Crippen molar-refractivity contribution < 1.29 is 19.1 Å². The highest BCUT2D eigenvalue weighted by atomic mass is 16.7. The molecule has 1 amide bonds. The second-order valence-electron chi connectivity index (χ2n) is 6.75. The topological polar surface area (TPSA) is 55.8 Å². The van der Waals surface area contributed by atoms with Gasteiger partial charge >= 0.3 is 0 Å². The Kier molecular flexibility index (Phi) is 2.50. The van der Waals surface area contributed by atoms with Crippen LogP contribution in [-0.4, -0.2) is 29.9 Å². The Morgan fingerprint density at radius 2 is 2.00 bits per heavy atom. The average molecular weight is 311 g/mol. The fraction of sp³-hybridized carbons (Fsp3) is 0.444. The molecule has 1 aliphatic carbocycles. The van der Waals surface area contributed by atoms with Crippen molar-refractivity contribution in [2.24, 2.45) is 5.92 Å². The van der Waals surface area contributed by atoms with E-state index >= 15 is 0 Å². The molecule has 4 aliphatic rings. The van der Waals surface area contributed by atoms with Crippen molar-refractivity contribution in [3.8, 4) is 11.5 Å². The van der Waals surface area contributed by atoms with Crippen LogP contribution in [0.1, 0.15) is 30.4 Å². The van der Waals surface area contributed by atoms with Gasteiger partial charge in [-0.1, -0.05) is 6.08 Å². The van der Waals surface area contributed by atoms with E-state index in [9.17, 15) is 9.59 Å². The summed E-state index contributed by atoms with van der Waals surface area (Å²) in [6.07, 6.45) is 6.23. The van der Waals surface area contributed by atoms with Gasteiger partial charge in [0.2, 0.25) is 12.7 Å². The normalized spacial score (nSPS) is 30.8. The van der Waals surface area contributed by atoms with E-state index in [4.69, 9.17) is 9.47 Å². The van der Waals surface area contributed by atoms with Gasteiger partial charge in [-0.05, 0) is 42.2 Å². The molecule has 1 spiro atoms. The molecule has 1 fully saturated rings. The minimum absolute atomic E-state index is 0.0601. The molecule has 0 aromatic heterocycles. The minimum atomic E-state index is -0.532. The highest BCUT2D eigenvalue weighted by molar-refractivity contribution is 5.94. The van der Waals surface area contributed by atoms with Gasteiger partial charge in [0.05, 0.1) is 5.54 Å². The highest BCUT2D eigenvalue weighted by Crippen LogP contribution is 2.53. The lowest BCUT2D eigenvalue weighted by Crippen LogP contribution is -2.48. The molecule has 5 rings (SSSR count). The van der Waals surface area contributed by atoms with Gasteiger partial charge in [-0.3, -0.25) is 9.59 Å². The maximum absolute atomic E-state index is 12.6. The smallest absolute Gasteiger partial charge is 0.231 e. The second kappa shape index (κ2) is 4.37. The molecule has 3 heterocycles. The number of rotatable bonds is 0. The molecule has 1 aromatic carbocycles. The zero-order valence-electron chi connectivity index (χ0n) is 12.7. The van der Waals surface area contributed by atoms with Crippen molar-refractivity contribution >= 4 is 11.7 Å². The highest BCUT2D eigenvalue weighted by Gasteiger charge is 2.56. The summed E-state index contributed by atoms with van der Waals surface area (Å²) in [5.74, 6) is 1.79. The van der Waals surface area contributed by atoms with Crippen molar-refractivity contribution in [3.05, 3.63) is 35.4 Å². The molecule has 23 heavy (non-hydrogen) atoms. The number of carbonyl (C=O) groups excluding carboxylic acids is 2. The summed E-state index contributed by atoms with van der Waals surface area (Å²) in [6.45, 7) is 0.938. The molecule has 1 aromatic rings. The second-order valence-corrected chi connectivity index (χ2v) is 6.75. The van der Waals surface area contributed by atoms with Crippen LogP contribution < -0.4 is 9.47 Å². The van der Waals surface area contributed by atoms with Crippen molar-refractivity contribution in [3.63, 3.8) is 0 Å². The van der Waals surface area contributed by atoms with Gasteiger partial charge in [0.25, 0.3) is 0 Å². The Labute approximate surface area is 133 Å². The van der Waals surface area contributed by atoms with Crippen molar-refractivity contribution in [2.75, 3.05) is 13.3 Å². The van der Waals surface area contributed by atoms with Gasteiger partial charge in [-0.2, -0.15) is 0 Å². The molecule has 5 heteroatoms. The summed E-state index contributed by atoms with van der Waals surface area (Å²) < 4.78 is 11.1. The van der Waals surface area contributed by atoms with Gasteiger partial charge in [-0.25, -0.2) is 0 Å². The van der Waals surface area contributed by atoms with E-state index in [1.54, 1.807) is 6.08 Å². The minimum Gasteiger partial charge on any atom is -0.454 e. The number of amides is 1. The van der Waals surface area contributed by atoms with Crippen LogP contribution in [0, 0.1) is 5.92 Å². The molecule has 0 bridgehead atoms. The SMILES string of the molecule is O=C1C=C[C@H]2CC(=O)N3CCCc4cc5c(cc4[C@]23C1)OCO5. The first-order valence-electron chi connectivity index (χ1n) is 8.13. The van der Waals surface area contributed by atoms with E-state index in [1.807, 2.05) is 23.1 Å². The summed E-state index contributed by atoms with van der Waals surface area (Å²) in [5, 5.41) is 0. The largest absolute Gasteiger partial charge is 0.454 e. The van der Waals surface area contributed by atoms with Crippen LogP contribution in [0.5, 0.6) is 11.5 Å². The maximum atomic E-state index is 12.6. The average Bonchev–Trinajstić information content (AvgIpc) is 3.05. The lowest BCUT2D eigenvalue weighted by molar-refractivity contribution is -0.132. The zero-order chi connectivity index (χ0) is 15.6. The van der Waals surface area contributed by atoms with E-state index in [1.165, 1.54) is 5.56 Å². The molecule has 118 valence electrons. The van der Waals surface area contributed by atoms with Crippen molar-refractivity contribution in [2.45, 2.75) is 31.2 Å². The first-order chi connectivity index (χ1) is 11.2. The van der Waals surface area contributed by atoms with Gasteiger partial charge in [0, 0.05) is 25.3 Å². The van der Waals surface area contributed by atoms with Gasteiger partial charge < -0.3 is 14.4 Å². The number of carbonyl (C=O) groups is 2. The molecule has 1 saturated heterocycles. The fourth-order valence-corrected chi connectivity index (χ4v) is 4.68. The van der Waals surface area contributed by atoms with E-state index in [2.05, 4.69) is 0 Å². The van der Waals surface area contributed by atoms with E-state index < -0.39 is 5.54 Å². The number of fused-ring (bicyclic) bond motifs is 2. The Bertz CT molecular complexity index is 769. The third-order valence-corrected chi connectivity index (χ3v) is 5.64. The number of allylic oxidation sites excluding steroid dienone is 1. The zero-order valence-corrected chi connectivity index (χ0v) is 12.7. The lowest BCUT2D eigenvalue weighted by atomic mass is 9.71. The number of hydrogen-bond donors (Lipinski definition) is 0. The lowest BCUT2D eigenvalue weighted by Gasteiger charge is -2.42. The van der Waals surface area contributed by atoms with E-state index in [-0.39, 0.29) is 24.4 Å². The van der Waals surface area contributed by atoms with Gasteiger partial charge in [0.1, 0.15) is 0 Å². The Hall–Kier alpha value is -2.30. The Balaban J connectivity index is 1.78. The molecule has 2 atom stereocenters. The summed E-state index contributed by atoms with van der Waals surface area (Å²) >= 11 is 0. The predicted octanol–water partition coefficient (Wildman–Crippen LogP) is 1.93. The third kappa shape index (κ3) is 1.62. The standard InChI is InChI=1S/C18H17NO4/c20-13-4-3-12-7-17(21)19-5-1-2-11-6-15-16(23-10-22-15)8-14(11)18(12,19)9-13/h3-4,6,8,12H,1-2,5,7,9-10H2/t12-,18-/m0/s1. The van der Waals surface area contributed by atoms with Gasteiger partial charge in [0.15, 0.2) is 17.3 Å². The Morgan fingerprint density at radius 1 is 1.17 bits per heavy atom. The van der Waals surface area contributed by atoms with Crippen LogP contribution in [0.15, 0.2) is 24.3 Å². The monoisotopic (exact) mass is 311 g/mol. The summed E-state index contributed by atoms with van der Waals surface area (Å²) in [5.41, 5.74) is 1.72. The van der Waals surface area contributed by atoms with Crippen molar-refractivity contribution in [1.82, 2.24) is 4.90 Å². The predicted molar refractivity (Wildman–Crippen MR) is 81.1 cm³/mol. The first kappa shape index (κ1) is 13.2. The quantitative estimate of drug-likeness (QED) is 0.735. The molecule has 0 saturated carbocycles.